The normalized spacial score (nSPS) is 13.8. The Hall–Kier alpha value is -1.74. The Labute approximate surface area is 113 Å². The first-order valence-corrected chi connectivity index (χ1v) is 5.60. The van der Waals surface area contributed by atoms with Crippen LogP contribution in [0.25, 0.3) is 0 Å². The Kier molecular flexibility index (Phi) is 5.46. The molecule has 1 aliphatic heterocycles. The lowest BCUT2D eigenvalue weighted by Gasteiger charge is -2.24. The maximum absolute atomic E-state index is 10.6. The summed E-state index contributed by atoms with van der Waals surface area (Å²) in [5, 5.41) is 8.76. The number of rotatable bonds is 4. The second kappa shape index (κ2) is 6.87. The molecule has 1 aromatic carbocycles. The molecule has 0 saturated carbocycles. The zero-order valence-corrected chi connectivity index (χ0v) is 10.8. The van der Waals surface area contributed by atoms with E-state index in [-0.39, 0.29) is 18.8 Å². The third kappa shape index (κ3) is 4.26. The minimum Gasteiger partial charge on any atom is -0.481 e. The van der Waals surface area contributed by atoms with Crippen molar-refractivity contribution in [3.05, 3.63) is 59.8 Å². The molecule has 0 amide bonds. The summed E-state index contributed by atoms with van der Waals surface area (Å²) < 4.78 is 0. The first-order valence-electron chi connectivity index (χ1n) is 5.60. The Morgan fingerprint density at radius 2 is 2.00 bits per heavy atom. The highest BCUT2D eigenvalue weighted by atomic mass is 35.5. The molecule has 4 heteroatoms. The predicted octanol–water partition coefficient (Wildman–Crippen LogP) is 2.84. The number of hydrogen-bond donors (Lipinski definition) is 1. The third-order valence-electron chi connectivity index (χ3n) is 2.64. The molecule has 0 aliphatic carbocycles. The number of carboxylic acids is 1. The highest BCUT2D eigenvalue weighted by Crippen LogP contribution is 2.14. The van der Waals surface area contributed by atoms with E-state index in [1.54, 1.807) is 0 Å². The van der Waals surface area contributed by atoms with E-state index < -0.39 is 5.97 Å². The SMILES string of the molecule is Cl.O=C(O)CC1=CC=CN(Cc2ccccc2)C1. The first kappa shape index (κ1) is 14.3. The number of aliphatic carboxylic acids is 1. The zero-order chi connectivity index (χ0) is 12.1. The molecule has 0 radical (unpaired) electrons. The highest BCUT2D eigenvalue weighted by Gasteiger charge is 2.10. The second-order valence-corrected chi connectivity index (χ2v) is 4.13. The van der Waals surface area contributed by atoms with Crippen LogP contribution in [0.4, 0.5) is 0 Å². The summed E-state index contributed by atoms with van der Waals surface area (Å²) in [5.41, 5.74) is 2.17. The van der Waals surface area contributed by atoms with E-state index in [2.05, 4.69) is 17.0 Å². The fourth-order valence-electron chi connectivity index (χ4n) is 1.90. The maximum Gasteiger partial charge on any atom is 0.307 e. The topological polar surface area (TPSA) is 40.5 Å². The van der Waals surface area contributed by atoms with Gasteiger partial charge < -0.3 is 10.0 Å². The van der Waals surface area contributed by atoms with Gasteiger partial charge in [0.2, 0.25) is 0 Å². The van der Waals surface area contributed by atoms with Crippen LogP contribution in [0, 0.1) is 0 Å². The van der Waals surface area contributed by atoms with Crippen LogP contribution < -0.4 is 0 Å². The summed E-state index contributed by atoms with van der Waals surface area (Å²) in [6.07, 6.45) is 5.91. The molecule has 0 saturated heterocycles. The van der Waals surface area contributed by atoms with Crippen molar-refractivity contribution >= 4 is 18.4 Å². The monoisotopic (exact) mass is 265 g/mol. The number of carbonyl (C=O) groups is 1. The number of carboxylic acid groups (broad SMARTS) is 1. The van der Waals surface area contributed by atoms with Crippen molar-refractivity contribution in [3.63, 3.8) is 0 Å². The maximum atomic E-state index is 10.6. The predicted molar refractivity (Wildman–Crippen MR) is 73.6 cm³/mol. The van der Waals surface area contributed by atoms with Gasteiger partial charge in [-0.2, -0.15) is 0 Å². The molecule has 1 heterocycles. The van der Waals surface area contributed by atoms with Crippen LogP contribution in [0.3, 0.4) is 0 Å². The summed E-state index contributed by atoms with van der Waals surface area (Å²) in [7, 11) is 0. The summed E-state index contributed by atoms with van der Waals surface area (Å²) in [6, 6.07) is 10.2. The van der Waals surface area contributed by atoms with Gasteiger partial charge in [0.05, 0.1) is 6.42 Å². The lowest BCUT2D eigenvalue weighted by molar-refractivity contribution is -0.136. The van der Waals surface area contributed by atoms with E-state index in [0.29, 0.717) is 6.54 Å². The van der Waals surface area contributed by atoms with Crippen LogP contribution in [0.2, 0.25) is 0 Å². The van der Waals surface area contributed by atoms with Crippen LogP contribution >= 0.6 is 12.4 Å². The lowest BCUT2D eigenvalue weighted by atomic mass is 10.1. The Morgan fingerprint density at radius 1 is 1.28 bits per heavy atom. The molecule has 0 spiro atoms. The average Bonchev–Trinajstić information content (AvgIpc) is 2.30. The van der Waals surface area contributed by atoms with Crippen LogP contribution in [0.15, 0.2) is 54.3 Å². The van der Waals surface area contributed by atoms with Crippen molar-refractivity contribution in [2.75, 3.05) is 6.54 Å². The van der Waals surface area contributed by atoms with Gasteiger partial charge in [0.15, 0.2) is 0 Å². The summed E-state index contributed by atoms with van der Waals surface area (Å²) in [4.78, 5) is 12.8. The number of nitrogens with zero attached hydrogens (tertiary/aromatic N) is 1. The minimum absolute atomic E-state index is 0. The molecule has 3 nitrogen and oxygen atoms in total. The summed E-state index contributed by atoms with van der Waals surface area (Å²) >= 11 is 0. The van der Waals surface area contributed by atoms with E-state index in [1.807, 2.05) is 36.6 Å². The molecule has 0 unspecified atom stereocenters. The van der Waals surface area contributed by atoms with Crippen molar-refractivity contribution in [2.45, 2.75) is 13.0 Å². The van der Waals surface area contributed by atoms with Crippen molar-refractivity contribution in [3.8, 4) is 0 Å². The van der Waals surface area contributed by atoms with Gasteiger partial charge in [-0.1, -0.05) is 36.4 Å². The molecule has 0 fully saturated rings. The van der Waals surface area contributed by atoms with Gasteiger partial charge in [0, 0.05) is 13.1 Å². The molecule has 2 rings (SSSR count). The van der Waals surface area contributed by atoms with E-state index >= 15 is 0 Å². The Balaban J connectivity index is 0.00000162. The van der Waals surface area contributed by atoms with Gasteiger partial charge in [0.1, 0.15) is 0 Å². The largest absolute Gasteiger partial charge is 0.481 e. The molecule has 96 valence electrons. The molecule has 0 atom stereocenters. The van der Waals surface area contributed by atoms with Crippen molar-refractivity contribution < 1.29 is 9.90 Å². The van der Waals surface area contributed by atoms with Gasteiger partial charge in [-0.05, 0) is 23.4 Å². The third-order valence-corrected chi connectivity index (χ3v) is 2.64. The smallest absolute Gasteiger partial charge is 0.307 e. The Morgan fingerprint density at radius 3 is 2.67 bits per heavy atom. The quantitative estimate of drug-likeness (QED) is 0.910. The highest BCUT2D eigenvalue weighted by molar-refractivity contribution is 5.85. The molecule has 1 aromatic rings. The van der Waals surface area contributed by atoms with E-state index in [1.165, 1.54) is 5.56 Å². The van der Waals surface area contributed by atoms with Crippen molar-refractivity contribution in [2.24, 2.45) is 0 Å². The number of benzene rings is 1. The molecular formula is C14H16ClNO2. The Bertz CT molecular complexity index is 454. The number of allylic oxidation sites excluding steroid dienone is 2. The van der Waals surface area contributed by atoms with Gasteiger partial charge in [-0.15, -0.1) is 12.4 Å². The molecule has 1 aliphatic rings. The fraction of sp³-hybridized carbons (Fsp3) is 0.214. The standard InChI is InChI=1S/C14H15NO2.ClH/c16-14(17)9-13-7-4-8-15(11-13)10-12-5-2-1-3-6-12;/h1-8H,9-11H2,(H,16,17);1H. The summed E-state index contributed by atoms with van der Waals surface area (Å²) in [6.45, 7) is 1.51. The number of hydrogen-bond acceptors (Lipinski definition) is 2. The molecular weight excluding hydrogens is 250 g/mol. The zero-order valence-electron chi connectivity index (χ0n) is 9.95. The second-order valence-electron chi connectivity index (χ2n) is 4.13. The van der Waals surface area contributed by atoms with Gasteiger partial charge in [-0.3, -0.25) is 4.79 Å². The first-order chi connectivity index (χ1) is 8.24. The van der Waals surface area contributed by atoms with Crippen LogP contribution in [0.1, 0.15) is 12.0 Å². The molecule has 1 N–H and O–H groups in total. The van der Waals surface area contributed by atoms with Gasteiger partial charge in [-0.25, -0.2) is 0 Å². The van der Waals surface area contributed by atoms with E-state index in [0.717, 1.165) is 12.1 Å². The molecule has 18 heavy (non-hydrogen) atoms. The molecule has 0 bridgehead atoms. The van der Waals surface area contributed by atoms with E-state index in [4.69, 9.17) is 5.11 Å². The minimum atomic E-state index is -0.772. The van der Waals surface area contributed by atoms with Crippen molar-refractivity contribution in [1.82, 2.24) is 4.90 Å². The number of halogens is 1. The van der Waals surface area contributed by atoms with Crippen LogP contribution in [-0.4, -0.2) is 22.5 Å². The molecule has 0 aromatic heterocycles. The van der Waals surface area contributed by atoms with Gasteiger partial charge >= 0.3 is 5.97 Å². The summed E-state index contributed by atoms with van der Waals surface area (Å²) in [5.74, 6) is -0.772. The van der Waals surface area contributed by atoms with Crippen LogP contribution in [-0.2, 0) is 11.3 Å². The average molecular weight is 266 g/mol. The lowest BCUT2D eigenvalue weighted by Crippen LogP contribution is -2.22. The van der Waals surface area contributed by atoms with Crippen LogP contribution in [0.5, 0.6) is 0 Å². The fourth-order valence-corrected chi connectivity index (χ4v) is 1.90. The van der Waals surface area contributed by atoms with Crippen molar-refractivity contribution in [1.29, 1.82) is 0 Å². The van der Waals surface area contributed by atoms with Gasteiger partial charge in [0.25, 0.3) is 0 Å². The van der Waals surface area contributed by atoms with E-state index in [9.17, 15) is 4.79 Å².